The molecule has 21 heavy (non-hydrogen) atoms. The van der Waals surface area contributed by atoms with Crippen LogP contribution >= 0.6 is 0 Å². The summed E-state index contributed by atoms with van der Waals surface area (Å²) in [5, 5.41) is 0. The normalized spacial score (nSPS) is 14.1. The van der Waals surface area contributed by atoms with Crippen LogP contribution in [0, 0.1) is 5.41 Å². The average Bonchev–Trinajstić information content (AvgIpc) is 2.36. The number of hydrogen-bond acceptors (Lipinski definition) is 3. The lowest BCUT2D eigenvalue weighted by Gasteiger charge is -2.23. The number of nitrogens with one attached hydrogen (secondary N) is 1. The molecular weight excluding hydrogens is 284 g/mol. The summed E-state index contributed by atoms with van der Waals surface area (Å²) >= 11 is 0. The number of benzene rings is 1. The van der Waals surface area contributed by atoms with Gasteiger partial charge >= 0.3 is 0 Å². The molecule has 0 aliphatic rings. The van der Waals surface area contributed by atoms with E-state index in [1.54, 1.807) is 12.1 Å². The minimum absolute atomic E-state index is 0.0899. The lowest BCUT2D eigenvalue weighted by molar-refractivity contribution is 0.338. The Kier molecular flexibility index (Phi) is 6.38. The van der Waals surface area contributed by atoms with Gasteiger partial charge in [0.2, 0.25) is 10.0 Å². The third kappa shape index (κ3) is 6.59. The van der Waals surface area contributed by atoms with Gasteiger partial charge in [-0.25, -0.2) is 13.1 Å². The molecule has 0 saturated heterocycles. The first-order valence-corrected chi connectivity index (χ1v) is 8.96. The first kappa shape index (κ1) is 18.1. The van der Waals surface area contributed by atoms with E-state index < -0.39 is 10.0 Å². The minimum Gasteiger partial charge on any atom is -0.326 e. The van der Waals surface area contributed by atoms with E-state index in [9.17, 15) is 8.42 Å². The van der Waals surface area contributed by atoms with Crippen LogP contribution in [0.25, 0.3) is 0 Å². The van der Waals surface area contributed by atoms with Gasteiger partial charge in [0.25, 0.3) is 0 Å². The second-order valence-corrected chi connectivity index (χ2v) is 8.54. The maximum absolute atomic E-state index is 12.2. The van der Waals surface area contributed by atoms with Crippen molar-refractivity contribution in [3.63, 3.8) is 0 Å². The Morgan fingerprint density at radius 3 is 2.24 bits per heavy atom. The van der Waals surface area contributed by atoms with Gasteiger partial charge in [-0.05, 0) is 36.0 Å². The fourth-order valence-electron chi connectivity index (χ4n) is 2.28. The summed E-state index contributed by atoms with van der Waals surface area (Å²) < 4.78 is 27.0. The van der Waals surface area contributed by atoms with E-state index in [-0.39, 0.29) is 18.0 Å². The highest BCUT2D eigenvalue weighted by atomic mass is 32.2. The fourth-order valence-corrected chi connectivity index (χ4v) is 3.38. The Morgan fingerprint density at radius 1 is 1.19 bits per heavy atom. The molecule has 1 aromatic rings. The van der Waals surface area contributed by atoms with Crippen molar-refractivity contribution >= 4 is 10.0 Å². The van der Waals surface area contributed by atoms with Crippen molar-refractivity contribution in [2.45, 2.75) is 57.9 Å². The highest BCUT2D eigenvalue weighted by Gasteiger charge is 2.19. The predicted octanol–water partition coefficient (Wildman–Crippen LogP) is 2.68. The maximum atomic E-state index is 12.2. The molecule has 0 aliphatic carbocycles. The van der Waals surface area contributed by atoms with Gasteiger partial charge in [0.1, 0.15) is 0 Å². The molecule has 4 nitrogen and oxygen atoms in total. The molecule has 0 bridgehead atoms. The van der Waals surface area contributed by atoms with Crippen molar-refractivity contribution in [1.29, 1.82) is 0 Å². The van der Waals surface area contributed by atoms with Gasteiger partial charge in [-0.3, -0.25) is 0 Å². The third-order valence-corrected chi connectivity index (χ3v) is 4.62. The van der Waals surface area contributed by atoms with Crippen LogP contribution in [0.5, 0.6) is 0 Å². The third-order valence-electron chi connectivity index (χ3n) is 3.18. The maximum Gasteiger partial charge on any atom is 0.240 e. The van der Waals surface area contributed by atoms with Crippen LogP contribution in [0.15, 0.2) is 29.2 Å². The van der Waals surface area contributed by atoms with Gasteiger partial charge in [-0.1, -0.05) is 46.2 Å². The molecule has 0 aromatic heterocycles. The first-order chi connectivity index (χ1) is 9.64. The Bertz CT molecular complexity index is 530. The van der Waals surface area contributed by atoms with Crippen molar-refractivity contribution < 1.29 is 8.42 Å². The van der Waals surface area contributed by atoms with Crippen molar-refractivity contribution in [3.05, 3.63) is 29.8 Å². The summed E-state index contributed by atoms with van der Waals surface area (Å²) in [6, 6.07) is 6.87. The van der Waals surface area contributed by atoms with Gasteiger partial charge in [0.15, 0.2) is 0 Å². The van der Waals surface area contributed by atoms with E-state index in [0.29, 0.717) is 4.90 Å². The average molecular weight is 312 g/mol. The largest absolute Gasteiger partial charge is 0.326 e. The lowest BCUT2D eigenvalue weighted by atomic mass is 9.88. The van der Waals surface area contributed by atoms with Crippen LogP contribution in [0.1, 0.15) is 46.1 Å². The van der Waals surface area contributed by atoms with Gasteiger partial charge in [0, 0.05) is 12.6 Å². The van der Waals surface area contributed by atoms with Crippen molar-refractivity contribution in [2.24, 2.45) is 11.1 Å². The molecule has 0 fully saturated rings. The number of sulfonamides is 1. The Hall–Kier alpha value is -0.910. The molecule has 0 spiro atoms. The van der Waals surface area contributed by atoms with Gasteiger partial charge < -0.3 is 5.73 Å². The number of hydrogen-bond donors (Lipinski definition) is 2. The van der Waals surface area contributed by atoms with Crippen molar-refractivity contribution in [1.82, 2.24) is 4.72 Å². The molecule has 0 saturated carbocycles. The summed E-state index contributed by atoms with van der Waals surface area (Å²) in [6.07, 6.45) is 2.78. The molecule has 0 aliphatic heterocycles. The molecule has 1 unspecified atom stereocenters. The molecule has 0 radical (unpaired) electrons. The molecule has 1 rings (SSSR count). The van der Waals surface area contributed by atoms with Crippen LogP contribution in [-0.2, 0) is 16.4 Å². The monoisotopic (exact) mass is 312 g/mol. The van der Waals surface area contributed by atoms with E-state index in [1.807, 2.05) is 12.1 Å². The molecule has 0 amide bonds. The Morgan fingerprint density at radius 2 is 1.76 bits per heavy atom. The van der Waals surface area contributed by atoms with E-state index in [1.165, 1.54) is 0 Å². The molecule has 1 aromatic carbocycles. The first-order valence-electron chi connectivity index (χ1n) is 7.48. The highest BCUT2D eigenvalue weighted by Crippen LogP contribution is 2.20. The van der Waals surface area contributed by atoms with Crippen molar-refractivity contribution in [3.8, 4) is 0 Å². The van der Waals surface area contributed by atoms with E-state index in [4.69, 9.17) is 5.73 Å². The summed E-state index contributed by atoms with van der Waals surface area (Å²) in [5.41, 5.74) is 7.23. The topological polar surface area (TPSA) is 72.2 Å². The summed E-state index contributed by atoms with van der Waals surface area (Å²) in [7, 11) is -3.47. The standard InChI is InChI=1S/C16H28N2O2S/c1-5-6-13-7-9-15(10-8-13)21(19,20)18-12-14(17)11-16(2,3)4/h7-10,14,18H,5-6,11-12,17H2,1-4H3. The smallest absolute Gasteiger partial charge is 0.240 e. The summed E-state index contributed by atoms with van der Waals surface area (Å²) in [4.78, 5) is 0.297. The van der Waals surface area contributed by atoms with Crippen LogP contribution in [0.4, 0.5) is 0 Å². The summed E-state index contributed by atoms with van der Waals surface area (Å²) in [6.45, 7) is 8.63. The quantitative estimate of drug-likeness (QED) is 0.813. The Balaban J connectivity index is 2.65. The zero-order valence-electron chi connectivity index (χ0n) is 13.5. The second kappa shape index (κ2) is 7.38. The number of rotatable bonds is 7. The van der Waals surface area contributed by atoms with E-state index in [0.717, 1.165) is 24.8 Å². The van der Waals surface area contributed by atoms with Crippen molar-refractivity contribution in [2.75, 3.05) is 6.54 Å². The van der Waals surface area contributed by atoms with Crippen LogP contribution in [0.2, 0.25) is 0 Å². The predicted molar refractivity (Wildman–Crippen MR) is 87.7 cm³/mol. The molecule has 0 heterocycles. The molecule has 1 atom stereocenters. The van der Waals surface area contributed by atoms with E-state index in [2.05, 4.69) is 32.4 Å². The van der Waals surface area contributed by atoms with Gasteiger partial charge in [-0.2, -0.15) is 0 Å². The minimum atomic E-state index is -3.47. The van der Waals surface area contributed by atoms with E-state index >= 15 is 0 Å². The van der Waals surface area contributed by atoms with Crippen LogP contribution < -0.4 is 10.5 Å². The number of aryl methyl sites for hydroxylation is 1. The Labute approximate surface area is 129 Å². The zero-order chi connectivity index (χ0) is 16.1. The summed E-state index contributed by atoms with van der Waals surface area (Å²) in [5.74, 6) is 0. The molecule has 5 heteroatoms. The lowest BCUT2D eigenvalue weighted by Crippen LogP contribution is -2.39. The SMILES string of the molecule is CCCc1ccc(S(=O)(=O)NCC(N)CC(C)(C)C)cc1. The molecule has 3 N–H and O–H groups in total. The van der Waals surface area contributed by atoms with Crippen LogP contribution in [-0.4, -0.2) is 21.0 Å². The fraction of sp³-hybridized carbons (Fsp3) is 0.625. The van der Waals surface area contributed by atoms with Crippen LogP contribution in [0.3, 0.4) is 0 Å². The van der Waals surface area contributed by atoms with Gasteiger partial charge in [-0.15, -0.1) is 0 Å². The molecular formula is C16H28N2O2S. The zero-order valence-corrected chi connectivity index (χ0v) is 14.3. The number of nitrogens with two attached hydrogens (primary N) is 1. The second-order valence-electron chi connectivity index (χ2n) is 6.77. The van der Waals surface area contributed by atoms with Gasteiger partial charge in [0.05, 0.1) is 4.90 Å². The molecule has 120 valence electrons. The highest BCUT2D eigenvalue weighted by molar-refractivity contribution is 7.89.